The summed E-state index contributed by atoms with van der Waals surface area (Å²) >= 11 is 11.7. The fourth-order valence-corrected chi connectivity index (χ4v) is 2.08. The number of nitrogens with one attached hydrogen (secondary N) is 1. The maximum atomic E-state index is 13.3. The van der Waals surface area contributed by atoms with Crippen LogP contribution in [0, 0.1) is 5.82 Å². The molecule has 0 saturated heterocycles. The summed E-state index contributed by atoms with van der Waals surface area (Å²) in [6.45, 7) is 4.76. The van der Waals surface area contributed by atoms with Gasteiger partial charge in [-0.3, -0.25) is 0 Å². The zero-order valence-corrected chi connectivity index (χ0v) is 11.4. The van der Waals surface area contributed by atoms with Crippen molar-refractivity contribution in [2.45, 2.75) is 26.3 Å². The minimum absolute atomic E-state index is 0.000442. The molecule has 0 heterocycles. The van der Waals surface area contributed by atoms with E-state index in [2.05, 4.69) is 11.4 Å². The number of hydrogen-bond acceptors (Lipinski definition) is 1. The Balaban J connectivity index is 2.68. The van der Waals surface area contributed by atoms with Gasteiger partial charge >= 0.3 is 0 Å². The van der Waals surface area contributed by atoms with Crippen molar-refractivity contribution in [3.05, 3.63) is 45.7 Å². The molecule has 0 fully saturated rings. The monoisotopic (exact) mass is 275 g/mol. The van der Waals surface area contributed by atoms with Crippen molar-refractivity contribution in [1.82, 2.24) is 5.32 Å². The number of rotatable bonds is 5. The molecule has 4 heteroatoms. The van der Waals surface area contributed by atoms with E-state index in [-0.39, 0.29) is 11.1 Å². The summed E-state index contributed by atoms with van der Waals surface area (Å²) < 4.78 is 13.3. The highest BCUT2D eigenvalue weighted by Gasteiger charge is 2.12. The molecular formula is C13H16Cl2FN. The topological polar surface area (TPSA) is 12.0 Å². The second-order valence-corrected chi connectivity index (χ2v) is 4.64. The predicted molar refractivity (Wildman–Crippen MR) is 72.3 cm³/mol. The van der Waals surface area contributed by atoms with Crippen LogP contribution in [0.2, 0.25) is 10.0 Å². The molecule has 94 valence electrons. The van der Waals surface area contributed by atoms with Gasteiger partial charge in [-0.1, -0.05) is 35.4 Å². The molecule has 0 aliphatic rings. The molecular weight excluding hydrogens is 260 g/mol. The maximum Gasteiger partial charge on any atom is 0.142 e. The van der Waals surface area contributed by atoms with Gasteiger partial charge in [0, 0.05) is 11.1 Å². The molecule has 0 bridgehead atoms. The van der Waals surface area contributed by atoms with Crippen molar-refractivity contribution < 1.29 is 4.39 Å². The van der Waals surface area contributed by atoms with E-state index in [0.717, 1.165) is 18.5 Å². The van der Waals surface area contributed by atoms with Gasteiger partial charge in [0.2, 0.25) is 0 Å². The van der Waals surface area contributed by atoms with Gasteiger partial charge in [0.1, 0.15) is 5.82 Å². The first-order valence-electron chi connectivity index (χ1n) is 5.55. The lowest BCUT2D eigenvalue weighted by Gasteiger charge is -2.15. The molecule has 1 rings (SSSR count). The zero-order chi connectivity index (χ0) is 12.8. The van der Waals surface area contributed by atoms with Crippen molar-refractivity contribution in [1.29, 1.82) is 0 Å². The van der Waals surface area contributed by atoms with Crippen LogP contribution in [0.25, 0.3) is 0 Å². The van der Waals surface area contributed by atoms with Crippen LogP contribution >= 0.6 is 23.2 Å². The van der Waals surface area contributed by atoms with Crippen LogP contribution in [0.15, 0.2) is 24.3 Å². The van der Waals surface area contributed by atoms with E-state index < -0.39 is 5.82 Å². The highest BCUT2D eigenvalue weighted by Crippen LogP contribution is 2.28. The third-order valence-electron chi connectivity index (χ3n) is 2.50. The first kappa shape index (κ1) is 14.5. The van der Waals surface area contributed by atoms with E-state index in [1.165, 1.54) is 12.1 Å². The number of allylic oxidation sites excluding steroid dienone is 1. The van der Waals surface area contributed by atoms with Crippen LogP contribution in [0.1, 0.15) is 31.9 Å². The van der Waals surface area contributed by atoms with Crippen molar-refractivity contribution in [3.63, 3.8) is 0 Å². The average Bonchev–Trinajstić information content (AvgIpc) is 2.29. The summed E-state index contributed by atoms with van der Waals surface area (Å²) in [5.41, 5.74) is 0.731. The SMILES string of the molecule is C/C=C/CCNC(C)c1cc(F)c(Cl)cc1Cl. The molecule has 0 amide bonds. The summed E-state index contributed by atoms with van der Waals surface area (Å²) in [6.07, 6.45) is 5.01. The minimum Gasteiger partial charge on any atom is -0.310 e. The van der Waals surface area contributed by atoms with Crippen molar-refractivity contribution in [2.24, 2.45) is 0 Å². The molecule has 1 aromatic carbocycles. The van der Waals surface area contributed by atoms with Crippen LogP contribution < -0.4 is 5.32 Å². The zero-order valence-electron chi connectivity index (χ0n) is 9.93. The van der Waals surface area contributed by atoms with Crippen molar-refractivity contribution >= 4 is 23.2 Å². The minimum atomic E-state index is -0.437. The molecule has 1 unspecified atom stereocenters. The molecule has 1 atom stereocenters. The predicted octanol–water partition coefficient (Wildman–Crippen LogP) is 4.75. The Bertz CT molecular complexity index is 405. The molecule has 0 spiro atoms. The lowest BCUT2D eigenvalue weighted by molar-refractivity contribution is 0.570. The third-order valence-corrected chi connectivity index (χ3v) is 3.12. The summed E-state index contributed by atoms with van der Waals surface area (Å²) in [6, 6.07) is 2.83. The quantitative estimate of drug-likeness (QED) is 0.465. The van der Waals surface area contributed by atoms with E-state index in [1.54, 1.807) is 0 Å². The highest BCUT2D eigenvalue weighted by atomic mass is 35.5. The van der Waals surface area contributed by atoms with Crippen LogP contribution in [-0.4, -0.2) is 6.54 Å². The Morgan fingerprint density at radius 3 is 2.71 bits per heavy atom. The average molecular weight is 276 g/mol. The van der Waals surface area contributed by atoms with Crippen molar-refractivity contribution in [2.75, 3.05) is 6.54 Å². The summed E-state index contributed by atoms with van der Waals surface area (Å²) in [4.78, 5) is 0. The standard InChI is InChI=1S/C13H16Cl2FN/c1-3-4-5-6-17-9(2)10-7-13(16)12(15)8-11(10)14/h3-4,7-9,17H,5-6H2,1-2H3/b4-3+. The van der Waals surface area contributed by atoms with Crippen LogP contribution in [0.3, 0.4) is 0 Å². The van der Waals surface area contributed by atoms with E-state index in [0.29, 0.717) is 5.02 Å². The smallest absolute Gasteiger partial charge is 0.142 e. The fourth-order valence-electron chi connectivity index (χ4n) is 1.53. The Morgan fingerprint density at radius 1 is 1.35 bits per heavy atom. The molecule has 1 aromatic rings. The first-order valence-corrected chi connectivity index (χ1v) is 6.30. The van der Waals surface area contributed by atoms with Crippen LogP contribution in [-0.2, 0) is 0 Å². The first-order chi connectivity index (χ1) is 8.06. The van der Waals surface area contributed by atoms with E-state index in [4.69, 9.17) is 23.2 Å². The van der Waals surface area contributed by atoms with E-state index in [1.807, 2.05) is 19.9 Å². The van der Waals surface area contributed by atoms with E-state index in [9.17, 15) is 4.39 Å². The lowest BCUT2D eigenvalue weighted by atomic mass is 10.1. The second kappa shape index (κ2) is 7.00. The molecule has 0 aromatic heterocycles. The Kier molecular flexibility index (Phi) is 5.96. The van der Waals surface area contributed by atoms with Gasteiger partial charge in [0.15, 0.2) is 0 Å². The maximum absolute atomic E-state index is 13.3. The number of halogens is 3. The van der Waals surface area contributed by atoms with Gasteiger partial charge in [0.25, 0.3) is 0 Å². The number of hydrogen-bond donors (Lipinski definition) is 1. The lowest BCUT2D eigenvalue weighted by Crippen LogP contribution is -2.19. The van der Waals surface area contributed by atoms with Crippen LogP contribution in [0.5, 0.6) is 0 Å². The van der Waals surface area contributed by atoms with Crippen LogP contribution in [0.4, 0.5) is 4.39 Å². The Morgan fingerprint density at radius 2 is 2.06 bits per heavy atom. The fraction of sp³-hybridized carbons (Fsp3) is 0.385. The van der Waals surface area contributed by atoms with Gasteiger partial charge in [-0.15, -0.1) is 0 Å². The summed E-state index contributed by atoms with van der Waals surface area (Å²) in [7, 11) is 0. The number of benzene rings is 1. The largest absolute Gasteiger partial charge is 0.310 e. The molecule has 17 heavy (non-hydrogen) atoms. The van der Waals surface area contributed by atoms with E-state index >= 15 is 0 Å². The third kappa shape index (κ3) is 4.30. The Labute approximate surface area is 112 Å². The summed E-state index contributed by atoms with van der Waals surface area (Å²) in [5.74, 6) is -0.437. The van der Waals surface area contributed by atoms with Gasteiger partial charge in [-0.05, 0) is 44.5 Å². The van der Waals surface area contributed by atoms with Crippen molar-refractivity contribution in [3.8, 4) is 0 Å². The molecule has 1 N–H and O–H groups in total. The highest BCUT2D eigenvalue weighted by molar-refractivity contribution is 6.35. The van der Waals surface area contributed by atoms with Gasteiger partial charge in [0.05, 0.1) is 5.02 Å². The molecule has 0 aliphatic carbocycles. The van der Waals surface area contributed by atoms with Gasteiger partial charge in [-0.2, -0.15) is 0 Å². The second-order valence-electron chi connectivity index (χ2n) is 3.82. The molecule has 0 aliphatic heterocycles. The normalized spacial score (nSPS) is 13.2. The van der Waals surface area contributed by atoms with Gasteiger partial charge < -0.3 is 5.32 Å². The Hall–Kier alpha value is -0.570. The molecule has 0 saturated carbocycles. The summed E-state index contributed by atoms with van der Waals surface area (Å²) in [5, 5.41) is 3.82. The molecule has 0 radical (unpaired) electrons. The molecule has 1 nitrogen and oxygen atoms in total. The van der Waals surface area contributed by atoms with Gasteiger partial charge in [-0.25, -0.2) is 4.39 Å².